The molecule has 0 bridgehead atoms. The van der Waals surface area contributed by atoms with E-state index in [0.29, 0.717) is 5.58 Å². The molecule has 0 saturated heterocycles. The van der Waals surface area contributed by atoms with Gasteiger partial charge in [-0.3, -0.25) is 4.57 Å². The van der Waals surface area contributed by atoms with E-state index in [-0.39, 0.29) is 11.8 Å². The fraction of sp³-hybridized carbons (Fsp3) is 0.214. The van der Waals surface area contributed by atoms with Gasteiger partial charge in [0.2, 0.25) is 0 Å². The van der Waals surface area contributed by atoms with E-state index in [4.69, 9.17) is 14.9 Å². The molecular formula is C14H14N2O3S. The summed E-state index contributed by atoms with van der Waals surface area (Å²) < 4.78 is 11.8. The smallest absolute Gasteiger partial charge is 0.419 e. The Kier molecular flexibility index (Phi) is 3.11. The van der Waals surface area contributed by atoms with E-state index in [0.717, 1.165) is 21.7 Å². The first kappa shape index (κ1) is 13.0. The van der Waals surface area contributed by atoms with E-state index in [1.807, 2.05) is 29.6 Å². The second kappa shape index (κ2) is 4.81. The summed E-state index contributed by atoms with van der Waals surface area (Å²) in [5.74, 6) is 0.427. The number of oxazole rings is 1. The maximum atomic E-state index is 11.5. The third kappa shape index (κ3) is 2.03. The van der Waals surface area contributed by atoms with Gasteiger partial charge in [0, 0.05) is 17.3 Å². The number of benzene rings is 1. The Morgan fingerprint density at radius 2 is 2.20 bits per heavy atom. The predicted molar refractivity (Wildman–Crippen MR) is 78.4 cm³/mol. The van der Waals surface area contributed by atoms with Crippen LogP contribution >= 0.6 is 11.3 Å². The van der Waals surface area contributed by atoms with E-state index in [1.54, 1.807) is 25.5 Å². The minimum absolute atomic E-state index is 0.265. The minimum atomic E-state index is -0.372. The molecule has 0 spiro atoms. The molecule has 5 nitrogen and oxygen atoms in total. The molecule has 2 heterocycles. The van der Waals surface area contributed by atoms with Crippen LogP contribution in [0.4, 0.5) is 0 Å². The lowest BCUT2D eigenvalue weighted by Crippen LogP contribution is -2.10. The number of rotatable bonds is 3. The summed E-state index contributed by atoms with van der Waals surface area (Å²) in [6.45, 7) is 0. The highest BCUT2D eigenvalue weighted by Crippen LogP contribution is 2.30. The topological polar surface area (TPSA) is 70.4 Å². The standard InChI is InChI=1S/C14H14N2O3S/c1-16-10-4-3-8(5-11(10)19-14(16)17)13(15)12-6-9(18-2)7-20-12/h3-7,13H,15H2,1-2H3. The molecule has 1 aromatic carbocycles. The Hall–Kier alpha value is -2.05. The summed E-state index contributed by atoms with van der Waals surface area (Å²) in [6.07, 6.45) is 0. The lowest BCUT2D eigenvalue weighted by atomic mass is 10.1. The summed E-state index contributed by atoms with van der Waals surface area (Å²) in [5, 5.41) is 1.91. The second-order valence-corrected chi connectivity index (χ2v) is 5.46. The minimum Gasteiger partial charge on any atom is -0.496 e. The van der Waals surface area contributed by atoms with Crippen LogP contribution in [-0.2, 0) is 7.05 Å². The summed E-state index contributed by atoms with van der Waals surface area (Å²) in [6, 6.07) is 7.22. The molecule has 0 radical (unpaired) electrons. The lowest BCUT2D eigenvalue weighted by Gasteiger charge is -2.09. The van der Waals surface area contributed by atoms with Crippen molar-refractivity contribution in [1.82, 2.24) is 4.57 Å². The summed E-state index contributed by atoms with van der Waals surface area (Å²) in [4.78, 5) is 12.5. The van der Waals surface area contributed by atoms with E-state index < -0.39 is 0 Å². The maximum Gasteiger partial charge on any atom is 0.419 e. The summed E-state index contributed by atoms with van der Waals surface area (Å²) >= 11 is 1.54. The van der Waals surface area contributed by atoms with Crippen molar-refractivity contribution >= 4 is 22.4 Å². The molecule has 104 valence electrons. The van der Waals surface area contributed by atoms with Gasteiger partial charge in [-0.25, -0.2) is 4.79 Å². The average Bonchev–Trinajstić information content (AvgIpc) is 3.04. The number of ether oxygens (including phenoxy) is 1. The number of thiophene rings is 1. The van der Waals surface area contributed by atoms with Crippen LogP contribution in [0.3, 0.4) is 0 Å². The van der Waals surface area contributed by atoms with Crippen molar-refractivity contribution in [2.75, 3.05) is 7.11 Å². The Labute approximate surface area is 119 Å². The van der Waals surface area contributed by atoms with Gasteiger partial charge >= 0.3 is 5.76 Å². The van der Waals surface area contributed by atoms with Gasteiger partial charge in [0.1, 0.15) is 5.75 Å². The Morgan fingerprint density at radius 3 is 2.90 bits per heavy atom. The largest absolute Gasteiger partial charge is 0.496 e. The highest BCUT2D eigenvalue weighted by Gasteiger charge is 2.14. The highest BCUT2D eigenvalue weighted by molar-refractivity contribution is 7.10. The molecule has 0 saturated carbocycles. The Bertz CT molecular complexity index is 815. The number of nitrogens with two attached hydrogens (primary N) is 1. The molecule has 6 heteroatoms. The molecule has 2 aromatic heterocycles. The molecule has 2 N–H and O–H groups in total. The molecule has 0 aliphatic carbocycles. The highest BCUT2D eigenvalue weighted by atomic mass is 32.1. The monoisotopic (exact) mass is 290 g/mol. The molecule has 0 amide bonds. The van der Waals surface area contributed by atoms with Gasteiger partial charge in [-0.15, -0.1) is 11.3 Å². The second-order valence-electron chi connectivity index (χ2n) is 4.52. The third-order valence-electron chi connectivity index (χ3n) is 3.31. The molecular weight excluding hydrogens is 276 g/mol. The van der Waals surface area contributed by atoms with Crippen LogP contribution in [0.15, 0.2) is 38.9 Å². The number of aryl methyl sites for hydroxylation is 1. The van der Waals surface area contributed by atoms with Gasteiger partial charge in [0.15, 0.2) is 5.58 Å². The van der Waals surface area contributed by atoms with E-state index in [2.05, 4.69) is 0 Å². The van der Waals surface area contributed by atoms with Crippen LogP contribution in [0, 0.1) is 0 Å². The van der Waals surface area contributed by atoms with E-state index in [1.165, 1.54) is 4.57 Å². The van der Waals surface area contributed by atoms with Crippen LogP contribution < -0.4 is 16.2 Å². The normalized spacial score (nSPS) is 12.8. The SMILES string of the molecule is COc1csc(C(N)c2ccc3c(c2)oc(=O)n3C)c1. The van der Waals surface area contributed by atoms with Crippen molar-refractivity contribution in [3.05, 3.63) is 50.6 Å². The maximum absolute atomic E-state index is 11.5. The molecule has 1 atom stereocenters. The van der Waals surface area contributed by atoms with Crippen LogP contribution in [-0.4, -0.2) is 11.7 Å². The van der Waals surface area contributed by atoms with Gasteiger partial charge in [0.25, 0.3) is 0 Å². The number of nitrogens with zero attached hydrogens (tertiary/aromatic N) is 1. The summed E-state index contributed by atoms with van der Waals surface area (Å²) in [7, 11) is 3.31. The fourth-order valence-electron chi connectivity index (χ4n) is 2.11. The van der Waals surface area contributed by atoms with Crippen molar-refractivity contribution in [1.29, 1.82) is 0 Å². The van der Waals surface area contributed by atoms with Crippen LogP contribution in [0.2, 0.25) is 0 Å². The molecule has 0 aliphatic rings. The average molecular weight is 290 g/mol. The molecule has 0 fully saturated rings. The van der Waals surface area contributed by atoms with Crippen molar-refractivity contribution in [3.8, 4) is 5.75 Å². The summed E-state index contributed by atoms with van der Waals surface area (Å²) in [5.41, 5.74) is 8.46. The number of methoxy groups -OCH3 is 1. The van der Waals surface area contributed by atoms with Crippen LogP contribution in [0.1, 0.15) is 16.5 Å². The van der Waals surface area contributed by atoms with Gasteiger partial charge in [-0.05, 0) is 23.8 Å². The van der Waals surface area contributed by atoms with Crippen LogP contribution in [0.5, 0.6) is 5.75 Å². The van der Waals surface area contributed by atoms with Crippen molar-refractivity contribution in [2.45, 2.75) is 6.04 Å². The Morgan fingerprint density at radius 1 is 1.40 bits per heavy atom. The van der Waals surface area contributed by atoms with Gasteiger partial charge in [-0.1, -0.05) is 6.07 Å². The zero-order valence-corrected chi connectivity index (χ0v) is 11.9. The van der Waals surface area contributed by atoms with E-state index >= 15 is 0 Å². The third-order valence-corrected chi connectivity index (χ3v) is 4.31. The fourth-order valence-corrected chi connectivity index (χ4v) is 3.00. The van der Waals surface area contributed by atoms with Gasteiger partial charge < -0.3 is 14.9 Å². The first-order valence-corrected chi connectivity index (χ1v) is 6.95. The van der Waals surface area contributed by atoms with E-state index in [9.17, 15) is 4.79 Å². The number of fused-ring (bicyclic) bond motifs is 1. The van der Waals surface area contributed by atoms with Crippen molar-refractivity contribution in [3.63, 3.8) is 0 Å². The number of hydrogen-bond donors (Lipinski definition) is 1. The predicted octanol–water partition coefficient (Wildman–Crippen LogP) is 2.25. The van der Waals surface area contributed by atoms with Gasteiger partial charge in [-0.2, -0.15) is 0 Å². The molecule has 20 heavy (non-hydrogen) atoms. The number of hydrogen-bond acceptors (Lipinski definition) is 5. The zero-order valence-electron chi connectivity index (χ0n) is 11.1. The van der Waals surface area contributed by atoms with Crippen molar-refractivity contribution < 1.29 is 9.15 Å². The zero-order chi connectivity index (χ0) is 14.3. The lowest BCUT2D eigenvalue weighted by molar-refractivity contribution is 0.416. The number of aromatic nitrogens is 1. The molecule has 0 aliphatic heterocycles. The van der Waals surface area contributed by atoms with Gasteiger partial charge in [0.05, 0.1) is 18.7 Å². The Balaban J connectivity index is 2.03. The first-order valence-electron chi connectivity index (χ1n) is 6.07. The van der Waals surface area contributed by atoms with Crippen LogP contribution in [0.25, 0.3) is 11.1 Å². The quantitative estimate of drug-likeness (QED) is 0.803. The molecule has 1 unspecified atom stereocenters. The molecule has 3 aromatic rings. The molecule has 3 rings (SSSR count). The first-order chi connectivity index (χ1) is 9.60. The van der Waals surface area contributed by atoms with Crippen molar-refractivity contribution in [2.24, 2.45) is 12.8 Å².